The molecule has 130 valence electrons. The normalized spacial score (nSPS) is 18.2. The fourth-order valence-electron chi connectivity index (χ4n) is 3.30. The van der Waals surface area contributed by atoms with E-state index in [1.807, 2.05) is 19.1 Å². The van der Waals surface area contributed by atoms with Crippen molar-refractivity contribution in [1.29, 1.82) is 0 Å². The van der Waals surface area contributed by atoms with Crippen LogP contribution in [0, 0.1) is 0 Å². The number of dihydropyridines is 1. The molecule has 1 aliphatic rings. The number of benzene rings is 1. The van der Waals surface area contributed by atoms with Crippen molar-refractivity contribution >= 4 is 37.1 Å². The van der Waals surface area contributed by atoms with E-state index in [1.54, 1.807) is 13.0 Å². The Balaban J connectivity index is 2.75. The fourth-order valence-corrected chi connectivity index (χ4v) is 6.01. The maximum Gasteiger partial charge on any atom is 0.334 e. The van der Waals surface area contributed by atoms with E-state index >= 15 is 0 Å². The molecule has 1 heterocycles. The van der Waals surface area contributed by atoms with Gasteiger partial charge in [-0.05, 0) is 43.1 Å². The van der Waals surface area contributed by atoms with E-state index in [2.05, 4.69) is 19.2 Å². The molecule has 24 heavy (non-hydrogen) atoms. The van der Waals surface area contributed by atoms with Crippen molar-refractivity contribution in [2.24, 2.45) is 0 Å². The van der Waals surface area contributed by atoms with Crippen LogP contribution in [-0.2, 0) is 4.79 Å². The summed E-state index contributed by atoms with van der Waals surface area (Å²) in [7, 11) is -0.451. The lowest BCUT2D eigenvalue weighted by Crippen LogP contribution is -2.28. The molecule has 2 N–H and O–H groups in total. The second-order valence-electron chi connectivity index (χ2n) is 5.73. The Morgan fingerprint density at radius 3 is 2.38 bits per heavy atom. The number of rotatable bonds is 5. The summed E-state index contributed by atoms with van der Waals surface area (Å²) in [5, 5.41) is 15.1. The van der Waals surface area contributed by atoms with Crippen LogP contribution in [0.4, 0.5) is 0 Å². The zero-order valence-electron chi connectivity index (χ0n) is 14.3. The van der Waals surface area contributed by atoms with E-state index in [0.29, 0.717) is 21.3 Å². The summed E-state index contributed by atoms with van der Waals surface area (Å²) >= 11 is 12.7. The van der Waals surface area contributed by atoms with E-state index in [9.17, 15) is 9.90 Å². The molecule has 0 saturated carbocycles. The summed E-state index contributed by atoms with van der Waals surface area (Å²) in [4.78, 5) is 12.0. The van der Waals surface area contributed by atoms with Gasteiger partial charge in [-0.1, -0.05) is 57.1 Å². The van der Waals surface area contributed by atoms with Crippen LogP contribution in [0.2, 0.25) is 10.0 Å². The second kappa shape index (κ2) is 7.91. The Hall–Kier alpha value is -1.02. The predicted molar refractivity (Wildman–Crippen MR) is 103 cm³/mol. The molecular formula is C18H22Cl2NO2P. The Kier molecular flexibility index (Phi) is 6.36. The van der Waals surface area contributed by atoms with Crippen molar-refractivity contribution in [2.75, 3.05) is 12.3 Å². The third-order valence-electron chi connectivity index (χ3n) is 4.35. The first-order valence-electron chi connectivity index (χ1n) is 7.94. The molecule has 0 saturated heterocycles. The minimum Gasteiger partial charge on any atom is -0.478 e. The molecule has 0 spiro atoms. The van der Waals surface area contributed by atoms with Crippen molar-refractivity contribution in [3.8, 4) is 0 Å². The summed E-state index contributed by atoms with van der Waals surface area (Å²) < 4.78 is 0. The topological polar surface area (TPSA) is 49.3 Å². The first-order chi connectivity index (χ1) is 11.3. The zero-order valence-corrected chi connectivity index (χ0v) is 16.7. The number of allylic oxidation sites excluding steroid dienone is 3. The molecular weight excluding hydrogens is 364 g/mol. The standard InChI is InChI=1S/C18H22Cl2NO2P/c1-5-24(6-2)17-11(4)21-10(3)14(18(22)23)15(17)12-8-7-9-13(19)16(12)20/h7-9,15,21H,5-6H2,1-4H3,(H,22,23). The van der Waals surface area contributed by atoms with Crippen LogP contribution in [-0.4, -0.2) is 23.4 Å². The van der Waals surface area contributed by atoms with Gasteiger partial charge in [-0.25, -0.2) is 4.79 Å². The molecule has 3 nitrogen and oxygen atoms in total. The van der Waals surface area contributed by atoms with Crippen molar-refractivity contribution in [1.82, 2.24) is 5.32 Å². The van der Waals surface area contributed by atoms with Crippen molar-refractivity contribution in [3.05, 3.63) is 56.1 Å². The molecule has 6 heteroatoms. The third kappa shape index (κ3) is 3.49. The highest BCUT2D eigenvalue weighted by Gasteiger charge is 2.36. The van der Waals surface area contributed by atoms with Gasteiger partial charge in [0, 0.05) is 17.3 Å². The molecule has 1 aliphatic heterocycles. The highest BCUT2D eigenvalue weighted by molar-refractivity contribution is 7.62. The number of nitrogens with one attached hydrogen (secondary N) is 1. The van der Waals surface area contributed by atoms with Gasteiger partial charge in [0.05, 0.1) is 15.6 Å². The lowest BCUT2D eigenvalue weighted by atomic mass is 9.86. The van der Waals surface area contributed by atoms with E-state index in [-0.39, 0.29) is 5.92 Å². The van der Waals surface area contributed by atoms with Crippen LogP contribution < -0.4 is 5.32 Å². The molecule has 0 aromatic heterocycles. The smallest absolute Gasteiger partial charge is 0.334 e. The maximum atomic E-state index is 12.0. The minimum atomic E-state index is -0.923. The summed E-state index contributed by atoms with van der Waals surface area (Å²) in [6.07, 6.45) is 2.00. The van der Waals surface area contributed by atoms with Gasteiger partial charge in [0.15, 0.2) is 0 Å². The van der Waals surface area contributed by atoms with Gasteiger partial charge >= 0.3 is 5.97 Å². The molecule has 2 rings (SSSR count). The maximum absolute atomic E-state index is 12.0. The van der Waals surface area contributed by atoms with Crippen LogP contribution in [0.25, 0.3) is 0 Å². The highest BCUT2D eigenvalue weighted by Crippen LogP contribution is 2.57. The fraction of sp³-hybridized carbons (Fsp3) is 0.389. The number of halogens is 2. The lowest BCUT2D eigenvalue weighted by molar-refractivity contribution is -0.133. The van der Waals surface area contributed by atoms with Crippen molar-refractivity contribution < 1.29 is 9.90 Å². The Morgan fingerprint density at radius 1 is 1.21 bits per heavy atom. The molecule has 1 aromatic carbocycles. The second-order valence-corrected chi connectivity index (χ2v) is 9.34. The largest absolute Gasteiger partial charge is 0.478 e. The van der Waals surface area contributed by atoms with Crippen LogP contribution in [0.3, 0.4) is 0 Å². The van der Waals surface area contributed by atoms with Crippen LogP contribution in [0.1, 0.15) is 39.2 Å². The molecule has 0 amide bonds. The summed E-state index contributed by atoms with van der Waals surface area (Å²) in [6, 6.07) is 5.43. The minimum absolute atomic E-state index is 0.356. The Morgan fingerprint density at radius 2 is 1.83 bits per heavy atom. The molecule has 0 aliphatic carbocycles. The van der Waals surface area contributed by atoms with E-state index < -0.39 is 13.9 Å². The summed E-state index contributed by atoms with van der Waals surface area (Å²) in [5.74, 6) is -1.28. The molecule has 0 bridgehead atoms. The van der Waals surface area contributed by atoms with Gasteiger partial charge in [-0.2, -0.15) is 0 Å². The number of hydrogen-bond acceptors (Lipinski definition) is 2. The van der Waals surface area contributed by atoms with Gasteiger partial charge in [0.25, 0.3) is 0 Å². The van der Waals surface area contributed by atoms with Crippen LogP contribution in [0.15, 0.2) is 40.5 Å². The van der Waals surface area contributed by atoms with Crippen molar-refractivity contribution in [3.63, 3.8) is 0 Å². The van der Waals surface area contributed by atoms with Crippen molar-refractivity contribution in [2.45, 2.75) is 33.6 Å². The predicted octanol–water partition coefficient (Wildman–Crippen LogP) is 5.79. The third-order valence-corrected chi connectivity index (χ3v) is 7.99. The quantitative estimate of drug-likeness (QED) is 0.630. The molecule has 0 radical (unpaired) electrons. The number of carboxylic acids is 1. The molecule has 0 fully saturated rings. The van der Waals surface area contributed by atoms with Gasteiger partial charge < -0.3 is 10.4 Å². The molecule has 1 atom stereocenters. The number of hydrogen-bond donors (Lipinski definition) is 2. The Bertz CT molecular complexity index is 724. The monoisotopic (exact) mass is 385 g/mol. The van der Waals surface area contributed by atoms with Gasteiger partial charge in [-0.15, -0.1) is 0 Å². The first kappa shape index (κ1) is 19.3. The highest BCUT2D eigenvalue weighted by atomic mass is 35.5. The van der Waals surface area contributed by atoms with E-state index in [0.717, 1.165) is 28.9 Å². The van der Waals surface area contributed by atoms with E-state index in [1.165, 1.54) is 0 Å². The SMILES string of the molecule is CCP(CC)C1=C(C)NC(C)=C(C(=O)O)C1c1cccc(Cl)c1Cl. The van der Waals surface area contributed by atoms with Gasteiger partial charge in [-0.3, -0.25) is 0 Å². The summed E-state index contributed by atoms with van der Waals surface area (Å²) in [6.45, 7) is 8.12. The van der Waals surface area contributed by atoms with Gasteiger partial charge in [0.2, 0.25) is 0 Å². The first-order valence-corrected chi connectivity index (χ1v) is 10.4. The summed E-state index contributed by atoms with van der Waals surface area (Å²) in [5.41, 5.74) is 2.82. The lowest BCUT2D eigenvalue weighted by Gasteiger charge is -2.35. The number of carboxylic acid groups (broad SMARTS) is 1. The average molecular weight is 386 g/mol. The molecule has 1 unspecified atom stereocenters. The zero-order chi connectivity index (χ0) is 18.0. The number of carbonyl (C=O) groups is 1. The molecule has 1 aromatic rings. The van der Waals surface area contributed by atoms with E-state index in [4.69, 9.17) is 23.2 Å². The average Bonchev–Trinajstić information content (AvgIpc) is 2.52. The number of aliphatic carboxylic acids is 1. The van der Waals surface area contributed by atoms with Crippen LogP contribution >= 0.6 is 31.1 Å². The Labute approximate surface area is 154 Å². The van der Waals surface area contributed by atoms with Crippen LogP contribution in [0.5, 0.6) is 0 Å². The van der Waals surface area contributed by atoms with Gasteiger partial charge in [0.1, 0.15) is 0 Å².